The van der Waals surface area contributed by atoms with Gasteiger partial charge in [-0.1, -0.05) is 6.07 Å². The van der Waals surface area contributed by atoms with Gasteiger partial charge in [-0.15, -0.1) is 0 Å². The van der Waals surface area contributed by atoms with Gasteiger partial charge in [0, 0.05) is 49.7 Å². The number of ether oxygens (including phenoxy) is 1. The minimum absolute atomic E-state index is 0.0271. The first kappa shape index (κ1) is 21.7. The lowest BCUT2D eigenvalue weighted by Gasteiger charge is -2.48. The SMILES string of the molecule is COc1ccc(C2CCCC3CN(C(=O)c4ccc(SC#N)nc4)CCN32)c(C)c1C. The second-order valence-corrected chi connectivity index (χ2v) is 9.08. The lowest BCUT2D eigenvalue weighted by Crippen LogP contribution is -2.57. The van der Waals surface area contributed by atoms with Crippen LogP contribution in [0.1, 0.15) is 52.4 Å². The molecule has 2 fully saturated rings. The van der Waals surface area contributed by atoms with Gasteiger partial charge in [0.25, 0.3) is 5.91 Å². The first-order valence-corrected chi connectivity index (χ1v) is 11.6. The van der Waals surface area contributed by atoms with Gasteiger partial charge in [0.1, 0.15) is 16.2 Å². The molecule has 6 nitrogen and oxygen atoms in total. The van der Waals surface area contributed by atoms with Crippen LogP contribution in [-0.2, 0) is 0 Å². The number of amides is 1. The van der Waals surface area contributed by atoms with Crippen LogP contribution in [0.2, 0.25) is 0 Å². The molecule has 1 aromatic carbocycles. The van der Waals surface area contributed by atoms with E-state index in [2.05, 4.69) is 35.9 Å². The van der Waals surface area contributed by atoms with Crippen LogP contribution < -0.4 is 4.74 Å². The maximum absolute atomic E-state index is 13.0. The fraction of sp³-hybridized carbons (Fsp3) is 0.458. The van der Waals surface area contributed by atoms with E-state index in [-0.39, 0.29) is 5.91 Å². The van der Waals surface area contributed by atoms with Gasteiger partial charge in [-0.05, 0) is 68.0 Å². The zero-order valence-corrected chi connectivity index (χ0v) is 19.1. The molecule has 0 aliphatic carbocycles. The van der Waals surface area contributed by atoms with Gasteiger partial charge in [0.05, 0.1) is 12.7 Å². The molecule has 3 heterocycles. The smallest absolute Gasteiger partial charge is 0.255 e. The highest BCUT2D eigenvalue weighted by molar-refractivity contribution is 8.03. The summed E-state index contributed by atoms with van der Waals surface area (Å²) in [5.41, 5.74) is 4.49. The fourth-order valence-corrected chi connectivity index (χ4v) is 5.30. The highest BCUT2D eigenvalue weighted by Gasteiger charge is 2.37. The third-order valence-electron chi connectivity index (χ3n) is 6.72. The first-order valence-electron chi connectivity index (χ1n) is 10.7. The minimum Gasteiger partial charge on any atom is -0.496 e. The Hall–Kier alpha value is -2.56. The number of thioether (sulfide) groups is 1. The van der Waals surface area contributed by atoms with Crippen LogP contribution in [0.15, 0.2) is 35.5 Å². The van der Waals surface area contributed by atoms with Crippen molar-refractivity contribution in [3.05, 3.63) is 52.7 Å². The number of pyridine rings is 1. The average molecular weight is 437 g/mol. The number of hydrogen-bond acceptors (Lipinski definition) is 6. The van der Waals surface area contributed by atoms with E-state index in [1.54, 1.807) is 25.4 Å². The highest BCUT2D eigenvalue weighted by Crippen LogP contribution is 2.39. The molecule has 2 aliphatic heterocycles. The van der Waals surface area contributed by atoms with E-state index in [0.29, 0.717) is 29.2 Å². The van der Waals surface area contributed by atoms with Crippen LogP contribution in [0.3, 0.4) is 0 Å². The number of fused-ring (bicyclic) bond motifs is 1. The van der Waals surface area contributed by atoms with E-state index in [4.69, 9.17) is 10.00 Å². The number of hydrogen-bond donors (Lipinski definition) is 0. The monoisotopic (exact) mass is 436 g/mol. The molecule has 2 unspecified atom stereocenters. The van der Waals surface area contributed by atoms with Crippen molar-refractivity contribution in [2.75, 3.05) is 26.7 Å². The second kappa shape index (κ2) is 9.29. The number of nitrogens with zero attached hydrogens (tertiary/aromatic N) is 4. The molecule has 1 amide bonds. The fourth-order valence-electron chi connectivity index (χ4n) is 4.96. The van der Waals surface area contributed by atoms with Crippen LogP contribution in [0.5, 0.6) is 5.75 Å². The second-order valence-electron chi connectivity index (χ2n) is 8.28. The number of rotatable bonds is 4. The van der Waals surface area contributed by atoms with Crippen LogP contribution in [0.25, 0.3) is 0 Å². The minimum atomic E-state index is 0.0271. The molecule has 162 valence electrons. The van der Waals surface area contributed by atoms with Crippen molar-refractivity contribution >= 4 is 17.7 Å². The summed E-state index contributed by atoms with van der Waals surface area (Å²) in [4.78, 5) is 21.8. The van der Waals surface area contributed by atoms with Crippen molar-refractivity contribution in [1.82, 2.24) is 14.8 Å². The summed E-state index contributed by atoms with van der Waals surface area (Å²) in [6.45, 7) is 6.66. The van der Waals surface area contributed by atoms with Crippen LogP contribution in [0.4, 0.5) is 0 Å². The molecule has 0 bridgehead atoms. The molecular formula is C24H28N4O2S. The lowest BCUT2D eigenvalue weighted by atomic mass is 9.86. The van der Waals surface area contributed by atoms with Crippen molar-refractivity contribution in [2.45, 2.75) is 50.2 Å². The van der Waals surface area contributed by atoms with E-state index < -0.39 is 0 Å². The Morgan fingerprint density at radius 2 is 2.03 bits per heavy atom. The number of nitriles is 1. The van der Waals surface area contributed by atoms with Crippen LogP contribution >= 0.6 is 11.8 Å². The molecule has 0 radical (unpaired) electrons. The Labute approximate surface area is 188 Å². The summed E-state index contributed by atoms with van der Waals surface area (Å²) in [6.07, 6.45) is 5.02. The Balaban J connectivity index is 1.49. The molecule has 2 atom stereocenters. The largest absolute Gasteiger partial charge is 0.496 e. The number of thiocyanates is 1. The number of methoxy groups -OCH3 is 1. The number of carbonyl (C=O) groups is 1. The number of benzene rings is 1. The third kappa shape index (κ3) is 4.28. The maximum atomic E-state index is 13.0. The standard InChI is InChI=1S/C24H28N4O2S/c1-16-17(2)22(30-3)9-8-20(16)21-6-4-5-19-14-27(11-12-28(19)21)24(29)18-7-10-23(26-13-18)31-15-25/h7-10,13,19,21H,4-6,11-12,14H2,1-3H3. The Bertz CT molecular complexity index is 1000. The topological polar surface area (TPSA) is 69.5 Å². The van der Waals surface area contributed by atoms with Gasteiger partial charge in [-0.25, -0.2) is 4.98 Å². The molecule has 0 spiro atoms. The summed E-state index contributed by atoms with van der Waals surface area (Å²) in [5, 5.41) is 11.4. The summed E-state index contributed by atoms with van der Waals surface area (Å²) in [5.74, 6) is 0.969. The molecule has 7 heteroatoms. The Morgan fingerprint density at radius 1 is 1.19 bits per heavy atom. The van der Waals surface area contributed by atoms with Crippen molar-refractivity contribution in [3.63, 3.8) is 0 Å². The average Bonchev–Trinajstić information content (AvgIpc) is 2.80. The maximum Gasteiger partial charge on any atom is 0.255 e. The molecule has 1 aromatic heterocycles. The van der Waals surface area contributed by atoms with Gasteiger partial charge in [0.2, 0.25) is 0 Å². The summed E-state index contributed by atoms with van der Waals surface area (Å²) in [6, 6.07) is 8.59. The number of piperazine rings is 1. The van der Waals surface area contributed by atoms with Crippen LogP contribution in [-0.4, -0.2) is 53.5 Å². The van der Waals surface area contributed by atoms with Gasteiger partial charge < -0.3 is 9.64 Å². The Morgan fingerprint density at radius 3 is 2.74 bits per heavy atom. The number of aromatic nitrogens is 1. The molecular weight excluding hydrogens is 408 g/mol. The van der Waals surface area contributed by atoms with Crippen molar-refractivity contribution < 1.29 is 9.53 Å². The molecule has 0 N–H and O–H groups in total. The summed E-state index contributed by atoms with van der Waals surface area (Å²) < 4.78 is 5.50. The zero-order valence-electron chi connectivity index (χ0n) is 18.3. The van der Waals surface area contributed by atoms with E-state index in [9.17, 15) is 4.79 Å². The van der Waals surface area contributed by atoms with Gasteiger partial charge >= 0.3 is 0 Å². The molecule has 2 aliphatic rings. The quantitative estimate of drug-likeness (QED) is 0.525. The van der Waals surface area contributed by atoms with Gasteiger partial charge in [0.15, 0.2) is 0 Å². The predicted molar refractivity (Wildman–Crippen MR) is 121 cm³/mol. The van der Waals surface area contributed by atoms with Crippen LogP contribution in [0, 0.1) is 24.5 Å². The van der Waals surface area contributed by atoms with E-state index in [1.807, 2.05) is 10.3 Å². The molecule has 0 saturated carbocycles. The van der Waals surface area contributed by atoms with E-state index >= 15 is 0 Å². The molecule has 4 rings (SSSR count). The van der Waals surface area contributed by atoms with Gasteiger partial charge in [-0.2, -0.15) is 5.26 Å². The summed E-state index contributed by atoms with van der Waals surface area (Å²) in [7, 11) is 1.72. The van der Waals surface area contributed by atoms with E-state index in [1.165, 1.54) is 23.1 Å². The van der Waals surface area contributed by atoms with Crippen molar-refractivity contribution in [1.29, 1.82) is 5.26 Å². The Kier molecular flexibility index (Phi) is 6.49. The summed E-state index contributed by atoms with van der Waals surface area (Å²) >= 11 is 1.00. The molecule has 2 saturated heterocycles. The van der Waals surface area contributed by atoms with E-state index in [0.717, 1.165) is 43.4 Å². The number of carbonyl (C=O) groups excluding carboxylic acids is 1. The highest BCUT2D eigenvalue weighted by atomic mass is 32.2. The molecule has 2 aromatic rings. The van der Waals surface area contributed by atoms with Gasteiger partial charge in [-0.3, -0.25) is 9.69 Å². The van der Waals surface area contributed by atoms with Crippen molar-refractivity contribution in [2.24, 2.45) is 0 Å². The predicted octanol–water partition coefficient (Wildman–Crippen LogP) is 4.33. The zero-order chi connectivity index (χ0) is 22.0. The first-order chi connectivity index (χ1) is 15.0. The number of piperidine rings is 1. The third-order valence-corrected chi connectivity index (χ3v) is 7.26. The normalized spacial score (nSPS) is 21.3. The molecule has 31 heavy (non-hydrogen) atoms. The van der Waals surface area contributed by atoms with Crippen molar-refractivity contribution in [3.8, 4) is 11.2 Å². The lowest BCUT2D eigenvalue weighted by molar-refractivity contribution is 0.0101.